The van der Waals surface area contributed by atoms with Crippen molar-refractivity contribution in [2.24, 2.45) is 5.41 Å². The predicted molar refractivity (Wildman–Crippen MR) is 126 cm³/mol. The minimum Gasteiger partial charge on any atom is -0.352 e. The van der Waals surface area contributed by atoms with Gasteiger partial charge in [0.2, 0.25) is 0 Å². The molecular formula is C27H19ClN2O3. The summed E-state index contributed by atoms with van der Waals surface area (Å²) in [7, 11) is 0. The Bertz CT molecular complexity index is 1350. The lowest BCUT2D eigenvalue weighted by Gasteiger charge is -2.37. The third-order valence-corrected chi connectivity index (χ3v) is 7.46. The zero-order valence-electron chi connectivity index (χ0n) is 17.7. The fraction of sp³-hybridized carbons (Fsp3) is 0.185. The van der Waals surface area contributed by atoms with Gasteiger partial charge in [-0.25, -0.2) is 0 Å². The molecule has 0 saturated carbocycles. The largest absolute Gasteiger partial charge is 0.352 e. The monoisotopic (exact) mass is 454 g/mol. The topological polar surface area (TPSA) is 67.3 Å². The number of anilines is 1. The number of halogens is 1. The van der Waals surface area contributed by atoms with Crippen LogP contribution >= 0.6 is 11.6 Å². The first-order valence-corrected chi connectivity index (χ1v) is 11.2. The van der Waals surface area contributed by atoms with E-state index in [1.807, 2.05) is 35.3 Å². The summed E-state index contributed by atoms with van der Waals surface area (Å²) >= 11 is 6.24. The molecule has 33 heavy (non-hydrogen) atoms. The molecule has 3 unspecified atom stereocenters. The van der Waals surface area contributed by atoms with Crippen LogP contribution in [0.25, 0.3) is 6.08 Å². The summed E-state index contributed by atoms with van der Waals surface area (Å²) in [6, 6.07) is 14.7. The van der Waals surface area contributed by atoms with E-state index in [1.165, 1.54) is 6.92 Å². The second kappa shape index (κ2) is 6.96. The number of hydrogen-bond donors (Lipinski definition) is 0. The van der Waals surface area contributed by atoms with Crippen molar-refractivity contribution in [2.45, 2.75) is 24.9 Å². The summed E-state index contributed by atoms with van der Waals surface area (Å²) in [5, 5.41) is 0.578. The van der Waals surface area contributed by atoms with Crippen molar-refractivity contribution < 1.29 is 14.4 Å². The normalized spacial score (nSPS) is 24.1. The third kappa shape index (κ3) is 2.48. The van der Waals surface area contributed by atoms with Gasteiger partial charge in [-0.1, -0.05) is 54.1 Å². The molecule has 6 rings (SSSR count). The molecule has 0 amide bonds. The highest BCUT2D eigenvalue weighted by Gasteiger charge is 2.71. The lowest BCUT2D eigenvalue weighted by atomic mass is 9.64. The Hall–Kier alpha value is -3.57. The van der Waals surface area contributed by atoms with Gasteiger partial charge in [-0.2, -0.15) is 0 Å². The lowest BCUT2D eigenvalue weighted by molar-refractivity contribution is -0.118. The first-order valence-electron chi connectivity index (χ1n) is 10.8. The number of pyridine rings is 1. The van der Waals surface area contributed by atoms with Crippen LogP contribution in [-0.4, -0.2) is 34.4 Å². The Labute approximate surface area is 195 Å². The standard InChI is InChI=1S/C27H19ClN2O3/c1-15(31)24-23(17-5-4-12-29-14-17)27(25(32)19-6-2-3-7-20(19)26(27)33)22-11-8-16-13-18(28)9-10-21(16)30(22)24/h2-14,22-24H,1H3. The summed E-state index contributed by atoms with van der Waals surface area (Å²) in [5.41, 5.74) is 1.70. The van der Waals surface area contributed by atoms with E-state index >= 15 is 0 Å². The summed E-state index contributed by atoms with van der Waals surface area (Å²) in [6.45, 7) is 1.52. The summed E-state index contributed by atoms with van der Waals surface area (Å²) in [4.78, 5) is 47.8. The minimum atomic E-state index is -1.46. The minimum absolute atomic E-state index is 0.113. The van der Waals surface area contributed by atoms with E-state index < -0.39 is 23.4 Å². The van der Waals surface area contributed by atoms with Gasteiger partial charge < -0.3 is 4.90 Å². The van der Waals surface area contributed by atoms with Crippen LogP contribution in [0.15, 0.2) is 73.1 Å². The van der Waals surface area contributed by atoms with Gasteiger partial charge in [-0.05, 0) is 42.3 Å². The fourth-order valence-corrected chi connectivity index (χ4v) is 6.21. The van der Waals surface area contributed by atoms with E-state index in [-0.39, 0.29) is 17.3 Å². The van der Waals surface area contributed by atoms with E-state index in [0.717, 1.165) is 11.3 Å². The second-order valence-corrected chi connectivity index (χ2v) is 9.24. The van der Waals surface area contributed by atoms with Crippen molar-refractivity contribution in [3.8, 4) is 0 Å². The van der Waals surface area contributed by atoms with Crippen molar-refractivity contribution in [2.75, 3.05) is 4.90 Å². The molecule has 3 atom stereocenters. The molecule has 5 nitrogen and oxygen atoms in total. The molecule has 1 aliphatic carbocycles. The molecule has 0 radical (unpaired) electrons. The first kappa shape index (κ1) is 20.1. The predicted octanol–water partition coefficient (Wildman–Crippen LogP) is 4.76. The molecule has 2 aliphatic heterocycles. The van der Waals surface area contributed by atoms with Crippen LogP contribution in [0.1, 0.15) is 44.7 Å². The summed E-state index contributed by atoms with van der Waals surface area (Å²) in [6.07, 6.45) is 7.09. The third-order valence-electron chi connectivity index (χ3n) is 7.23. The highest BCUT2D eigenvalue weighted by atomic mass is 35.5. The molecular weight excluding hydrogens is 436 g/mol. The maximum atomic E-state index is 14.2. The van der Waals surface area contributed by atoms with E-state index in [0.29, 0.717) is 21.7 Å². The van der Waals surface area contributed by atoms with Gasteiger partial charge in [0.05, 0.1) is 12.1 Å². The maximum Gasteiger partial charge on any atom is 0.180 e. The lowest BCUT2D eigenvalue weighted by Crippen LogP contribution is -2.48. The SMILES string of the molecule is CC(=O)C1C(c2cccnc2)C2(C(=O)c3ccccc3C2=O)C2C=Cc3cc(Cl)ccc3N12. The number of Topliss-reactive ketones (excluding diaryl/α,β-unsaturated/α-hetero) is 3. The number of carbonyl (C=O) groups is 3. The van der Waals surface area contributed by atoms with Crippen molar-refractivity contribution >= 4 is 40.7 Å². The molecule has 3 aromatic rings. The van der Waals surface area contributed by atoms with E-state index in [9.17, 15) is 14.4 Å². The van der Waals surface area contributed by atoms with Crippen LogP contribution in [0, 0.1) is 5.41 Å². The average Bonchev–Trinajstić information content (AvgIpc) is 3.26. The number of carbonyl (C=O) groups excluding carboxylic acids is 3. The van der Waals surface area contributed by atoms with E-state index in [1.54, 1.807) is 48.8 Å². The van der Waals surface area contributed by atoms with Crippen LogP contribution in [0.5, 0.6) is 0 Å². The Morgan fingerprint density at radius 2 is 1.76 bits per heavy atom. The first-order chi connectivity index (χ1) is 16.0. The quantitative estimate of drug-likeness (QED) is 0.522. The van der Waals surface area contributed by atoms with Crippen molar-refractivity contribution in [1.29, 1.82) is 0 Å². The van der Waals surface area contributed by atoms with Crippen LogP contribution < -0.4 is 4.90 Å². The van der Waals surface area contributed by atoms with Crippen molar-refractivity contribution in [3.05, 3.63) is 100 Å². The van der Waals surface area contributed by atoms with E-state index in [4.69, 9.17) is 11.6 Å². The molecule has 1 fully saturated rings. The molecule has 6 heteroatoms. The van der Waals surface area contributed by atoms with E-state index in [2.05, 4.69) is 4.98 Å². The van der Waals surface area contributed by atoms with Crippen molar-refractivity contribution in [3.63, 3.8) is 0 Å². The Morgan fingerprint density at radius 3 is 2.39 bits per heavy atom. The second-order valence-electron chi connectivity index (χ2n) is 8.81. The highest BCUT2D eigenvalue weighted by Crippen LogP contribution is 2.60. The zero-order chi connectivity index (χ0) is 22.9. The number of nitrogens with zero attached hydrogens (tertiary/aromatic N) is 2. The number of fused-ring (bicyclic) bond motifs is 5. The molecule has 3 aliphatic rings. The van der Waals surface area contributed by atoms with Crippen LogP contribution in [0.2, 0.25) is 5.02 Å². The summed E-state index contributed by atoms with van der Waals surface area (Å²) < 4.78 is 0. The van der Waals surface area contributed by atoms with Crippen LogP contribution in [-0.2, 0) is 4.79 Å². The number of aromatic nitrogens is 1. The van der Waals surface area contributed by atoms with Gasteiger partial charge in [0.1, 0.15) is 5.41 Å². The number of hydrogen-bond acceptors (Lipinski definition) is 5. The van der Waals surface area contributed by atoms with Gasteiger partial charge in [0, 0.05) is 40.1 Å². The molecule has 2 aromatic carbocycles. The average molecular weight is 455 g/mol. The number of benzene rings is 2. The van der Waals surface area contributed by atoms with Crippen LogP contribution in [0.4, 0.5) is 5.69 Å². The Morgan fingerprint density at radius 1 is 1.03 bits per heavy atom. The maximum absolute atomic E-state index is 14.2. The van der Waals surface area contributed by atoms with Crippen molar-refractivity contribution in [1.82, 2.24) is 4.98 Å². The van der Waals surface area contributed by atoms with Gasteiger partial charge >= 0.3 is 0 Å². The fourth-order valence-electron chi connectivity index (χ4n) is 6.03. The smallest absolute Gasteiger partial charge is 0.180 e. The molecule has 1 saturated heterocycles. The van der Waals surface area contributed by atoms with Gasteiger partial charge in [0.25, 0.3) is 0 Å². The molecule has 1 aromatic heterocycles. The molecule has 0 bridgehead atoms. The van der Waals surface area contributed by atoms with Gasteiger partial charge in [-0.15, -0.1) is 0 Å². The van der Waals surface area contributed by atoms with Gasteiger partial charge in [-0.3, -0.25) is 19.4 Å². The number of rotatable bonds is 2. The molecule has 162 valence electrons. The summed E-state index contributed by atoms with van der Waals surface area (Å²) in [5.74, 6) is -1.28. The Balaban J connectivity index is 1.68. The molecule has 0 N–H and O–H groups in total. The molecule has 3 heterocycles. The number of ketones is 3. The van der Waals surface area contributed by atoms with Crippen LogP contribution in [0.3, 0.4) is 0 Å². The Kier molecular flexibility index (Phi) is 4.23. The van der Waals surface area contributed by atoms with Gasteiger partial charge in [0.15, 0.2) is 17.3 Å². The zero-order valence-corrected chi connectivity index (χ0v) is 18.5. The molecule has 1 spiro atoms. The highest BCUT2D eigenvalue weighted by molar-refractivity contribution is 6.32.